The topological polar surface area (TPSA) is 108 Å². The lowest BCUT2D eigenvalue weighted by Gasteiger charge is -2.28. The van der Waals surface area contributed by atoms with Crippen LogP contribution >= 0.6 is 0 Å². The van der Waals surface area contributed by atoms with Crippen LogP contribution in [0.3, 0.4) is 0 Å². The van der Waals surface area contributed by atoms with Gasteiger partial charge in [-0.25, -0.2) is 13.1 Å². The van der Waals surface area contributed by atoms with Crippen LogP contribution in [0.4, 0.5) is 11.4 Å². The highest BCUT2D eigenvalue weighted by Gasteiger charge is 2.18. The Balaban J connectivity index is 1.54. The number of carbonyl (C=O) groups is 2. The predicted molar refractivity (Wildman–Crippen MR) is 127 cm³/mol. The number of morpholine rings is 1. The molecule has 0 aromatic heterocycles. The molecule has 0 unspecified atom stereocenters. The number of likely N-dealkylation sites (N-methyl/N-ethyl adjacent to an activating group) is 1. The van der Waals surface area contributed by atoms with Crippen molar-refractivity contribution < 1.29 is 22.7 Å². The Hall–Kier alpha value is -3.21. The second kappa shape index (κ2) is 11.1. The highest BCUT2D eigenvalue weighted by atomic mass is 32.2. The Bertz CT molecular complexity index is 1080. The predicted octanol–water partition coefficient (Wildman–Crippen LogP) is 1.70. The van der Waals surface area contributed by atoms with Gasteiger partial charge in [0.25, 0.3) is 5.91 Å². The number of benzene rings is 2. The molecular formula is C23H28N4O5S. The Morgan fingerprint density at radius 3 is 2.33 bits per heavy atom. The van der Waals surface area contributed by atoms with Crippen LogP contribution in [-0.2, 0) is 19.6 Å². The zero-order valence-electron chi connectivity index (χ0n) is 18.5. The molecule has 2 aromatic rings. The normalized spacial score (nSPS) is 13.9. The van der Waals surface area contributed by atoms with Crippen LogP contribution < -0.4 is 14.9 Å². The standard InChI is InChI=1S/C23H28N4O5S/c1-3-12-24-33(30,31)21-10-4-18(5-11-21)23(29)26(2)17-22(28)25-19-6-8-20(9-7-19)27-13-15-32-16-14-27/h3-11,24H,1,12-17H2,2H3,(H,25,28). The van der Waals surface area contributed by atoms with Crippen molar-refractivity contribution in [1.29, 1.82) is 0 Å². The van der Waals surface area contributed by atoms with Crippen LogP contribution in [0.25, 0.3) is 0 Å². The summed E-state index contributed by atoms with van der Waals surface area (Å²) in [6.45, 7) is 6.49. The molecule has 0 aliphatic carbocycles. The molecule has 2 amide bonds. The van der Waals surface area contributed by atoms with Gasteiger partial charge in [0.15, 0.2) is 0 Å². The summed E-state index contributed by atoms with van der Waals surface area (Å²) in [6.07, 6.45) is 1.44. The number of hydrogen-bond acceptors (Lipinski definition) is 6. The molecular weight excluding hydrogens is 444 g/mol. The first-order chi connectivity index (χ1) is 15.8. The van der Waals surface area contributed by atoms with E-state index in [1.165, 1.54) is 42.3 Å². The molecule has 0 atom stereocenters. The molecule has 0 saturated carbocycles. The van der Waals surface area contributed by atoms with Crippen LogP contribution in [0.2, 0.25) is 0 Å². The van der Waals surface area contributed by atoms with E-state index in [2.05, 4.69) is 21.5 Å². The summed E-state index contributed by atoms with van der Waals surface area (Å²) < 4.78 is 32.0. The van der Waals surface area contributed by atoms with E-state index in [4.69, 9.17) is 4.74 Å². The minimum absolute atomic E-state index is 0.0434. The second-order valence-corrected chi connectivity index (χ2v) is 9.29. The summed E-state index contributed by atoms with van der Waals surface area (Å²) in [6, 6.07) is 13.1. The SMILES string of the molecule is C=CCNS(=O)(=O)c1ccc(C(=O)N(C)CC(=O)Nc2ccc(N3CCOCC3)cc2)cc1. The van der Waals surface area contributed by atoms with Gasteiger partial charge in [-0.3, -0.25) is 9.59 Å². The first kappa shape index (κ1) is 24.4. The average Bonchev–Trinajstić information content (AvgIpc) is 2.83. The van der Waals surface area contributed by atoms with Crippen LogP contribution in [0, 0.1) is 0 Å². The van der Waals surface area contributed by atoms with E-state index < -0.39 is 15.9 Å². The smallest absolute Gasteiger partial charge is 0.254 e. The van der Waals surface area contributed by atoms with Crippen molar-refractivity contribution >= 4 is 33.2 Å². The Labute approximate surface area is 194 Å². The highest BCUT2D eigenvalue weighted by Crippen LogP contribution is 2.19. The summed E-state index contributed by atoms with van der Waals surface area (Å²) in [5.41, 5.74) is 1.98. The number of hydrogen-bond donors (Lipinski definition) is 2. The third-order valence-corrected chi connectivity index (χ3v) is 6.52. The number of ether oxygens (including phenoxy) is 1. The maximum atomic E-state index is 12.6. The molecule has 33 heavy (non-hydrogen) atoms. The molecule has 1 fully saturated rings. The fourth-order valence-corrected chi connectivity index (χ4v) is 4.31. The zero-order valence-corrected chi connectivity index (χ0v) is 19.3. The monoisotopic (exact) mass is 472 g/mol. The van der Waals surface area contributed by atoms with Gasteiger partial charge in [-0.2, -0.15) is 0 Å². The van der Waals surface area contributed by atoms with E-state index in [0.717, 1.165) is 18.8 Å². The number of anilines is 2. The molecule has 1 aliphatic heterocycles. The minimum atomic E-state index is -3.67. The Morgan fingerprint density at radius 2 is 1.73 bits per heavy atom. The van der Waals surface area contributed by atoms with Gasteiger partial charge in [-0.15, -0.1) is 6.58 Å². The van der Waals surface area contributed by atoms with Crippen molar-refractivity contribution in [3.8, 4) is 0 Å². The lowest BCUT2D eigenvalue weighted by Crippen LogP contribution is -2.36. The fourth-order valence-electron chi connectivity index (χ4n) is 3.31. The molecule has 0 spiro atoms. The van der Waals surface area contributed by atoms with E-state index in [9.17, 15) is 18.0 Å². The Morgan fingerprint density at radius 1 is 1.09 bits per heavy atom. The first-order valence-electron chi connectivity index (χ1n) is 10.5. The van der Waals surface area contributed by atoms with E-state index in [-0.39, 0.29) is 29.5 Å². The lowest BCUT2D eigenvalue weighted by atomic mass is 10.2. The summed E-state index contributed by atoms with van der Waals surface area (Å²) in [5.74, 6) is -0.728. The number of nitrogens with zero attached hydrogens (tertiary/aromatic N) is 2. The van der Waals surface area contributed by atoms with Gasteiger partial charge in [0, 0.05) is 43.6 Å². The molecule has 0 radical (unpaired) electrons. The van der Waals surface area contributed by atoms with Gasteiger partial charge in [-0.1, -0.05) is 6.08 Å². The average molecular weight is 473 g/mol. The van der Waals surface area contributed by atoms with Gasteiger partial charge in [-0.05, 0) is 48.5 Å². The third-order valence-electron chi connectivity index (χ3n) is 5.08. The highest BCUT2D eigenvalue weighted by molar-refractivity contribution is 7.89. The number of carbonyl (C=O) groups excluding carboxylic acids is 2. The van der Waals surface area contributed by atoms with Gasteiger partial charge in [0.1, 0.15) is 0 Å². The maximum absolute atomic E-state index is 12.6. The summed E-state index contributed by atoms with van der Waals surface area (Å²) in [7, 11) is -2.16. The van der Waals surface area contributed by atoms with Crippen LogP contribution in [0.1, 0.15) is 10.4 Å². The molecule has 2 aromatic carbocycles. The summed E-state index contributed by atoms with van der Waals surface area (Å²) in [5, 5.41) is 2.79. The molecule has 2 N–H and O–H groups in total. The van der Waals surface area contributed by atoms with E-state index >= 15 is 0 Å². The van der Waals surface area contributed by atoms with Crippen molar-refractivity contribution in [1.82, 2.24) is 9.62 Å². The van der Waals surface area contributed by atoms with Crippen LogP contribution in [-0.4, -0.2) is 71.6 Å². The summed E-state index contributed by atoms with van der Waals surface area (Å²) >= 11 is 0. The van der Waals surface area contributed by atoms with Gasteiger partial charge in [0.05, 0.1) is 24.7 Å². The summed E-state index contributed by atoms with van der Waals surface area (Å²) in [4.78, 5) is 28.6. The first-order valence-corrected chi connectivity index (χ1v) is 12.0. The van der Waals surface area contributed by atoms with Crippen molar-refractivity contribution in [2.75, 3.05) is 56.7 Å². The molecule has 1 saturated heterocycles. The van der Waals surface area contributed by atoms with Gasteiger partial charge < -0.3 is 19.9 Å². The van der Waals surface area contributed by atoms with Crippen LogP contribution in [0.5, 0.6) is 0 Å². The second-order valence-electron chi connectivity index (χ2n) is 7.52. The zero-order chi connectivity index (χ0) is 23.8. The molecule has 10 heteroatoms. The van der Waals surface area contributed by atoms with Gasteiger partial charge >= 0.3 is 0 Å². The fraction of sp³-hybridized carbons (Fsp3) is 0.304. The van der Waals surface area contributed by atoms with E-state index in [1.807, 2.05) is 24.3 Å². The van der Waals surface area contributed by atoms with E-state index in [1.54, 1.807) is 0 Å². The van der Waals surface area contributed by atoms with Gasteiger partial charge in [0.2, 0.25) is 15.9 Å². The van der Waals surface area contributed by atoms with Crippen molar-refractivity contribution in [2.24, 2.45) is 0 Å². The number of rotatable bonds is 9. The van der Waals surface area contributed by atoms with Crippen molar-refractivity contribution in [2.45, 2.75) is 4.90 Å². The molecule has 1 aliphatic rings. The number of sulfonamides is 1. The maximum Gasteiger partial charge on any atom is 0.254 e. The minimum Gasteiger partial charge on any atom is -0.378 e. The molecule has 176 valence electrons. The molecule has 9 nitrogen and oxygen atoms in total. The third kappa shape index (κ3) is 6.64. The quantitative estimate of drug-likeness (QED) is 0.538. The number of amides is 2. The van der Waals surface area contributed by atoms with Crippen molar-refractivity contribution in [3.63, 3.8) is 0 Å². The lowest BCUT2D eigenvalue weighted by molar-refractivity contribution is -0.116. The molecule has 3 rings (SSSR count). The molecule has 0 bridgehead atoms. The largest absolute Gasteiger partial charge is 0.378 e. The van der Waals surface area contributed by atoms with E-state index in [0.29, 0.717) is 18.9 Å². The molecule has 1 heterocycles. The van der Waals surface area contributed by atoms with Crippen LogP contribution in [0.15, 0.2) is 66.1 Å². The Kier molecular flexibility index (Phi) is 8.21. The number of nitrogens with one attached hydrogen (secondary N) is 2. The van der Waals surface area contributed by atoms with Crippen molar-refractivity contribution in [3.05, 3.63) is 66.7 Å².